The fourth-order valence-corrected chi connectivity index (χ4v) is 1.83. The zero-order chi connectivity index (χ0) is 14.9. The van der Waals surface area contributed by atoms with Gasteiger partial charge in [0, 0.05) is 7.05 Å². The topological polar surface area (TPSA) is 72.9 Å². The van der Waals surface area contributed by atoms with Gasteiger partial charge in [-0.25, -0.2) is 8.78 Å². The third kappa shape index (κ3) is 2.76. The molecule has 1 amide bonds. The molecule has 1 heterocycles. The molecule has 1 aromatic heterocycles. The normalized spacial score (nSPS) is 10.6. The zero-order valence-electron chi connectivity index (χ0n) is 11.1. The van der Waals surface area contributed by atoms with E-state index in [9.17, 15) is 13.6 Å². The number of halogens is 2. The van der Waals surface area contributed by atoms with Gasteiger partial charge in [-0.05, 0) is 24.6 Å². The summed E-state index contributed by atoms with van der Waals surface area (Å²) in [5, 5.41) is 6.67. The van der Waals surface area contributed by atoms with E-state index >= 15 is 0 Å². The van der Waals surface area contributed by atoms with Gasteiger partial charge in [0.15, 0.2) is 17.5 Å². The molecule has 0 saturated carbocycles. The van der Waals surface area contributed by atoms with E-state index in [4.69, 9.17) is 5.73 Å². The molecule has 2 aromatic rings. The lowest BCUT2D eigenvalue weighted by Crippen LogP contribution is -2.17. The maximum Gasteiger partial charge on any atom is 0.229 e. The first-order valence-electron chi connectivity index (χ1n) is 5.91. The van der Waals surface area contributed by atoms with Crippen molar-refractivity contribution in [1.29, 1.82) is 0 Å². The van der Waals surface area contributed by atoms with Crippen LogP contribution in [0.3, 0.4) is 0 Å². The molecular formula is C13H14F2N4O. The molecule has 20 heavy (non-hydrogen) atoms. The molecule has 0 spiro atoms. The van der Waals surface area contributed by atoms with E-state index in [1.165, 1.54) is 10.7 Å². The van der Waals surface area contributed by atoms with E-state index in [1.54, 1.807) is 14.0 Å². The standard InChI is InChI=1S/C13H14F2N4O/c1-7-12(16)13(19(2)18-7)17-11(20)6-8-3-4-9(14)10(15)5-8/h3-5H,6,16H2,1-2H3,(H,17,20). The van der Waals surface area contributed by atoms with Gasteiger partial charge in [-0.2, -0.15) is 5.10 Å². The van der Waals surface area contributed by atoms with Crippen molar-refractivity contribution < 1.29 is 13.6 Å². The van der Waals surface area contributed by atoms with E-state index in [1.807, 2.05) is 0 Å². The quantitative estimate of drug-likeness (QED) is 0.900. The van der Waals surface area contributed by atoms with Gasteiger partial charge >= 0.3 is 0 Å². The second-order valence-corrected chi connectivity index (χ2v) is 4.44. The molecule has 0 bridgehead atoms. The number of rotatable bonds is 3. The SMILES string of the molecule is Cc1nn(C)c(NC(=O)Cc2ccc(F)c(F)c2)c1N. The Labute approximate surface area is 114 Å². The molecule has 0 fully saturated rings. The highest BCUT2D eigenvalue weighted by Crippen LogP contribution is 2.21. The lowest BCUT2D eigenvalue weighted by molar-refractivity contribution is -0.115. The third-order valence-electron chi connectivity index (χ3n) is 2.88. The number of anilines is 2. The number of nitrogens with zero attached hydrogens (tertiary/aromatic N) is 2. The van der Waals surface area contributed by atoms with Crippen LogP contribution in [0.25, 0.3) is 0 Å². The third-order valence-corrected chi connectivity index (χ3v) is 2.88. The number of nitrogens with two attached hydrogens (primary N) is 1. The highest BCUT2D eigenvalue weighted by Gasteiger charge is 2.14. The first kappa shape index (κ1) is 14.0. The van der Waals surface area contributed by atoms with Crippen molar-refractivity contribution in [2.24, 2.45) is 7.05 Å². The Kier molecular flexibility index (Phi) is 3.69. The predicted molar refractivity (Wildman–Crippen MR) is 71.0 cm³/mol. The van der Waals surface area contributed by atoms with Crippen molar-refractivity contribution in [3.63, 3.8) is 0 Å². The summed E-state index contributed by atoms with van der Waals surface area (Å²) in [5.74, 6) is -1.92. The van der Waals surface area contributed by atoms with Crippen LogP contribution in [-0.4, -0.2) is 15.7 Å². The van der Waals surface area contributed by atoms with Crippen LogP contribution in [0.2, 0.25) is 0 Å². The van der Waals surface area contributed by atoms with Crippen LogP contribution < -0.4 is 11.1 Å². The fourth-order valence-electron chi connectivity index (χ4n) is 1.83. The van der Waals surface area contributed by atoms with Crippen molar-refractivity contribution in [2.45, 2.75) is 13.3 Å². The van der Waals surface area contributed by atoms with E-state index in [0.29, 0.717) is 22.8 Å². The number of hydrogen-bond donors (Lipinski definition) is 2. The number of nitrogen functional groups attached to an aromatic ring is 1. The predicted octanol–water partition coefficient (Wildman–Crippen LogP) is 1.77. The summed E-state index contributed by atoms with van der Waals surface area (Å²) >= 11 is 0. The van der Waals surface area contributed by atoms with E-state index in [2.05, 4.69) is 10.4 Å². The van der Waals surface area contributed by atoms with Crippen molar-refractivity contribution in [3.05, 3.63) is 41.1 Å². The Morgan fingerprint density at radius 1 is 1.40 bits per heavy atom. The number of carbonyl (C=O) groups excluding carboxylic acids is 1. The minimum absolute atomic E-state index is 0.0825. The van der Waals surface area contributed by atoms with Gasteiger partial charge < -0.3 is 11.1 Å². The number of amides is 1. The smallest absolute Gasteiger partial charge is 0.229 e. The molecule has 0 aliphatic heterocycles. The van der Waals surface area contributed by atoms with Crippen LogP contribution in [0.5, 0.6) is 0 Å². The van der Waals surface area contributed by atoms with Crippen LogP contribution in [0.4, 0.5) is 20.3 Å². The van der Waals surface area contributed by atoms with Crippen molar-refractivity contribution in [2.75, 3.05) is 11.1 Å². The summed E-state index contributed by atoms with van der Waals surface area (Å²) in [7, 11) is 1.65. The van der Waals surface area contributed by atoms with E-state index in [0.717, 1.165) is 12.1 Å². The average molecular weight is 280 g/mol. The minimum atomic E-state index is -0.980. The van der Waals surface area contributed by atoms with Gasteiger partial charge in [0.1, 0.15) is 0 Å². The molecule has 2 rings (SSSR count). The highest BCUT2D eigenvalue weighted by atomic mass is 19.2. The number of hydrogen-bond acceptors (Lipinski definition) is 3. The van der Waals surface area contributed by atoms with Gasteiger partial charge in [-0.3, -0.25) is 9.48 Å². The Hall–Kier alpha value is -2.44. The van der Waals surface area contributed by atoms with Gasteiger partial charge in [-0.15, -0.1) is 0 Å². The Morgan fingerprint density at radius 2 is 2.10 bits per heavy atom. The molecule has 3 N–H and O–H groups in total. The molecular weight excluding hydrogens is 266 g/mol. The summed E-state index contributed by atoms with van der Waals surface area (Å²) in [4.78, 5) is 11.9. The number of aryl methyl sites for hydroxylation is 2. The van der Waals surface area contributed by atoms with E-state index in [-0.39, 0.29) is 12.3 Å². The van der Waals surface area contributed by atoms with Gasteiger partial charge in [-0.1, -0.05) is 6.07 Å². The summed E-state index contributed by atoms with van der Waals surface area (Å²) in [6, 6.07) is 3.34. The average Bonchev–Trinajstić information content (AvgIpc) is 2.61. The molecule has 0 saturated heterocycles. The molecule has 7 heteroatoms. The first-order chi connectivity index (χ1) is 9.38. The highest BCUT2D eigenvalue weighted by molar-refractivity contribution is 5.94. The van der Waals surface area contributed by atoms with Crippen LogP contribution in [-0.2, 0) is 18.3 Å². The second kappa shape index (κ2) is 5.28. The summed E-state index contributed by atoms with van der Waals surface area (Å²) in [6.07, 6.45) is -0.0825. The monoisotopic (exact) mass is 280 g/mol. The van der Waals surface area contributed by atoms with Gasteiger partial charge in [0.25, 0.3) is 0 Å². The summed E-state index contributed by atoms with van der Waals surface area (Å²) in [5.41, 5.74) is 7.14. The van der Waals surface area contributed by atoms with Crippen LogP contribution >= 0.6 is 0 Å². The molecule has 0 unspecified atom stereocenters. The molecule has 5 nitrogen and oxygen atoms in total. The Bertz CT molecular complexity index is 667. The van der Waals surface area contributed by atoms with Crippen LogP contribution in [0.15, 0.2) is 18.2 Å². The Morgan fingerprint density at radius 3 is 2.65 bits per heavy atom. The van der Waals surface area contributed by atoms with Crippen molar-refractivity contribution in [3.8, 4) is 0 Å². The lowest BCUT2D eigenvalue weighted by atomic mass is 10.1. The van der Waals surface area contributed by atoms with Gasteiger partial charge in [0.05, 0.1) is 17.8 Å². The minimum Gasteiger partial charge on any atom is -0.394 e. The number of benzene rings is 1. The number of nitrogens with one attached hydrogen (secondary N) is 1. The zero-order valence-corrected chi connectivity index (χ0v) is 11.1. The maximum atomic E-state index is 13.0. The van der Waals surface area contributed by atoms with Crippen LogP contribution in [0.1, 0.15) is 11.3 Å². The molecule has 1 aromatic carbocycles. The molecule has 106 valence electrons. The first-order valence-corrected chi connectivity index (χ1v) is 5.91. The maximum absolute atomic E-state index is 13.0. The molecule has 0 aliphatic rings. The van der Waals surface area contributed by atoms with Crippen molar-refractivity contribution in [1.82, 2.24) is 9.78 Å². The summed E-state index contributed by atoms with van der Waals surface area (Å²) < 4.78 is 27.3. The molecule has 0 radical (unpaired) electrons. The van der Waals surface area contributed by atoms with E-state index < -0.39 is 11.6 Å². The van der Waals surface area contributed by atoms with Crippen molar-refractivity contribution >= 4 is 17.4 Å². The summed E-state index contributed by atoms with van der Waals surface area (Å²) in [6.45, 7) is 1.72. The van der Waals surface area contributed by atoms with Gasteiger partial charge in [0.2, 0.25) is 5.91 Å². The fraction of sp³-hybridized carbons (Fsp3) is 0.231. The largest absolute Gasteiger partial charge is 0.394 e. The lowest BCUT2D eigenvalue weighted by Gasteiger charge is -2.07. The molecule has 0 atom stereocenters. The molecule has 0 aliphatic carbocycles. The second-order valence-electron chi connectivity index (χ2n) is 4.44. The number of aromatic nitrogens is 2. The number of carbonyl (C=O) groups is 1. The Balaban J connectivity index is 2.11. The van der Waals surface area contributed by atoms with Crippen LogP contribution in [0, 0.1) is 18.6 Å².